The van der Waals surface area contributed by atoms with Crippen LogP contribution in [0.3, 0.4) is 0 Å². The Hall–Kier alpha value is -0.470. The van der Waals surface area contributed by atoms with Crippen LogP contribution in [0.5, 0.6) is 0 Å². The fraction of sp³-hybridized carbons (Fsp3) is 0.500. The Bertz CT molecular complexity index is 248. The van der Waals surface area contributed by atoms with Gasteiger partial charge in [0.25, 0.3) is 0 Å². The number of hydrogen-bond acceptors (Lipinski definition) is 2. The van der Waals surface area contributed by atoms with Gasteiger partial charge < -0.3 is 5.73 Å². The van der Waals surface area contributed by atoms with E-state index in [0.717, 1.165) is 6.54 Å². The summed E-state index contributed by atoms with van der Waals surface area (Å²) in [6, 6.07) is 10.5. The molecule has 0 radical (unpaired) electrons. The summed E-state index contributed by atoms with van der Waals surface area (Å²) < 4.78 is 0. The molecule has 2 N–H and O–H groups in total. The van der Waals surface area contributed by atoms with Crippen molar-refractivity contribution in [3.63, 3.8) is 0 Å². The maximum Gasteiger partial charge on any atom is 0.0422 e. The zero-order valence-electron chi connectivity index (χ0n) is 8.94. The van der Waals surface area contributed by atoms with Gasteiger partial charge in [0.2, 0.25) is 0 Å². The van der Waals surface area contributed by atoms with E-state index in [-0.39, 0.29) is 0 Å². The van der Waals surface area contributed by atoms with Crippen molar-refractivity contribution in [2.24, 2.45) is 5.73 Å². The number of rotatable bonds is 5. The van der Waals surface area contributed by atoms with Crippen LogP contribution in [0.4, 0.5) is 0 Å². The van der Waals surface area contributed by atoms with Crippen LogP contribution in [0.2, 0.25) is 0 Å². The second kappa shape index (κ2) is 6.10. The van der Waals surface area contributed by atoms with Crippen LogP contribution in [0, 0.1) is 0 Å². The summed E-state index contributed by atoms with van der Waals surface area (Å²) in [5.74, 6) is 0. The average molecular weight is 209 g/mol. The minimum absolute atomic E-state index is 0.450. The predicted octanol–water partition coefficient (Wildman–Crippen LogP) is 3.22. The molecule has 78 valence electrons. The largest absolute Gasteiger partial charge is 0.329 e. The van der Waals surface area contributed by atoms with Crippen molar-refractivity contribution in [2.75, 3.05) is 6.54 Å². The maximum absolute atomic E-state index is 5.79. The number of thioether (sulfide) groups is 1. The van der Waals surface area contributed by atoms with Gasteiger partial charge in [0.1, 0.15) is 0 Å². The molecule has 0 fully saturated rings. The highest BCUT2D eigenvalue weighted by molar-refractivity contribution is 8.00. The molecule has 14 heavy (non-hydrogen) atoms. The molecule has 1 nitrogen and oxygen atoms in total. The van der Waals surface area contributed by atoms with Crippen LogP contribution in [-0.4, -0.2) is 11.8 Å². The Morgan fingerprint density at radius 1 is 1.29 bits per heavy atom. The monoisotopic (exact) mass is 209 g/mol. The lowest BCUT2D eigenvalue weighted by Gasteiger charge is -2.18. The van der Waals surface area contributed by atoms with Gasteiger partial charge in [-0.2, -0.15) is 0 Å². The molecule has 0 aliphatic rings. The Morgan fingerprint density at radius 2 is 1.93 bits per heavy atom. The van der Waals surface area contributed by atoms with Gasteiger partial charge in [-0.1, -0.05) is 44.2 Å². The van der Waals surface area contributed by atoms with E-state index in [1.807, 2.05) is 17.8 Å². The van der Waals surface area contributed by atoms with Gasteiger partial charge >= 0.3 is 0 Å². The van der Waals surface area contributed by atoms with Gasteiger partial charge in [-0.05, 0) is 12.0 Å². The predicted molar refractivity (Wildman–Crippen MR) is 65.6 cm³/mol. The van der Waals surface area contributed by atoms with Crippen LogP contribution in [0.25, 0.3) is 0 Å². The van der Waals surface area contributed by atoms with E-state index in [4.69, 9.17) is 5.73 Å². The van der Waals surface area contributed by atoms with Crippen molar-refractivity contribution in [3.8, 4) is 0 Å². The third kappa shape index (κ3) is 3.35. The summed E-state index contributed by atoms with van der Waals surface area (Å²) in [5, 5.41) is 1.13. The van der Waals surface area contributed by atoms with Gasteiger partial charge in [0.15, 0.2) is 0 Å². The lowest BCUT2D eigenvalue weighted by Crippen LogP contribution is -2.12. The number of nitrogens with two attached hydrogens (primary N) is 1. The van der Waals surface area contributed by atoms with E-state index in [1.54, 1.807) is 0 Å². The second-order valence-corrected chi connectivity index (χ2v) is 5.14. The number of hydrogen-bond donors (Lipinski definition) is 1. The molecule has 0 bridgehead atoms. The first kappa shape index (κ1) is 11.6. The molecule has 0 aromatic heterocycles. The fourth-order valence-electron chi connectivity index (χ4n) is 1.31. The Balaban J connectivity index is 2.63. The minimum Gasteiger partial charge on any atom is -0.329 e. The topological polar surface area (TPSA) is 26.0 Å². The summed E-state index contributed by atoms with van der Waals surface area (Å²) in [5.41, 5.74) is 7.13. The molecular formula is C12H19NS. The van der Waals surface area contributed by atoms with Crippen LogP contribution in [0.1, 0.15) is 31.1 Å². The number of benzene rings is 1. The Kier molecular flexibility index (Phi) is 5.05. The van der Waals surface area contributed by atoms with E-state index in [2.05, 4.69) is 38.1 Å². The standard InChI is InChI=1S/C12H19NS/c1-3-10(2)14-12(9-13)11-7-5-4-6-8-11/h4-8,10,12H,3,9,13H2,1-2H3. The molecule has 0 aliphatic carbocycles. The highest BCUT2D eigenvalue weighted by atomic mass is 32.2. The molecule has 1 rings (SSSR count). The molecule has 0 saturated carbocycles. The van der Waals surface area contributed by atoms with E-state index >= 15 is 0 Å². The van der Waals surface area contributed by atoms with Gasteiger partial charge in [0.05, 0.1) is 0 Å². The second-order valence-electron chi connectivity index (χ2n) is 3.49. The zero-order chi connectivity index (χ0) is 10.4. The molecule has 0 spiro atoms. The van der Waals surface area contributed by atoms with Crippen molar-refractivity contribution < 1.29 is 0 Å². The summed E-state index contributed by atoms with van der Waals surface area (Å²) in [7, 11) is 0. The third-order valence-corrected chi connectivity index (χ3v) is 3.95. The van der Waals surface area contributed by atoms with Gasteiger partial charge in [-0.3, -0.25) is 0 Å². The highest BCUT2D eigenvalue weighted by Gasteiger charge is 2.12. The summed E-state index contributed by atoms with van der Waals surface area (Å²) in [6.45, 7) is 5.20. The van der Waals surface area contributed by atoms with E-state index < -0.39 is 0 Å². The van der Waals surface area contributed by atoms with Crippen molar-refractivity contribution in [2.45, 2.75) is 30.8 Å². The molecule has 0 amide bonds. The first-order valence-electron chi connectivity index (χ1n) is 5.18. The van der Waals surface area contributed by atoms with E-state index in [9.17, 15) is 0 Å². The molecule has 2 heteroatoms. The van der Waals surface area contributed by atoms with Crippen LogP contribution in [-0.2, 0) is 0 Å². The lowest BCUT2D eigenvalue weighted by atomic mass is 10.1. The van der Waals surface area contributed by atoms with Crippen molar-refractivity contribution in [1.82, 2.24) is 0 Å². The quantitative estimate of drug-likeness (QED) is 0.806. The molecule has 1 aromatic carbocycles. The van der Waals surface area contributed by atoms with Gasteiger partial charge in [-0.25, -0.2) is 0 Å². The van der Waals surface area contributed by atoms with Gasteiger partial charge in [-0.15, -0.1) is 11.8 Å². The van der Waals surface area contributed by atoms with Crippen molar-refractivity contribution in [3.05, 3.63) is 35.9 Å². The molecule has 2 unspecified atom stereocenters. The minimum atomic E-state index is 0.450. The SMILES string of the molecule is CCC(C)SC(CN)c1ccccc1. The maximum atomic E-state index is 5.79. The van der Waals surface area contributed by atoms with Crippen LogP contribution in [0.15, 0.2) is 30.3 Å². The third-order valence-electron chi connectivity index (χ3n) is 2.36. The van der Waals surface area contributed by atoms with E-state index in [0.29, 0.717) is 10.5 Å². The normalized spacial score (nSPS) is 15.1. The summed E-state index contributed by atoms with van der Waals surface area (Å²) in [4.78, 5) is 0. The first-order valence-corrected chi connectivity index (χ1v) is 6.12. The van der Waals surface area contributed by atoms with Crippen molar-refractivity contribution >= 4 is 11.8 Å². The van der Waals surface area contributed by atoms with E-state index in [1.165, 1.54) is 12.0 Å². The average Bonchev–Trinajstić information content (AvgIpc) is 2.26. The smallest absolute Gasteiger partial charge is 0.0422 e. The molecule has 0 saturated heterocycles. The molecule has 2 atom stereocenters. The summed E-state index contributed by atoms with van der Waals surface area (Å²) in [6.07, 6.45) is 1.20. The molecule has 0 heterocycles. The Morgan fingerprint density at radius 3 is 2.43 bits per heavy atom. The van der Waals surface area contributed by atoms with Crippen molar-refractivity contribution in [1.29, 1.82) is 0 Å². The Labute approximate surface area is 91.1 Å². The first-order chi connectivity index (χ1) is 6.77. The molecule has 1 aromatic rings. The van der Waals surface area contributed by atoms with Gasteiger partial charge in [0, 0.05) is 17.0 Å². The molecule has 0 aliphatic heterocycles. The fourth-order valence-corrected chi connectivity index (χ4v) is 2.49. The highest BCUT2D eigenvalue weighted by Crippen LogP contribution is 2.32. The summed E-state index contributed by atoms with van der Waals surface area (Å²) >= 11 is 1.97. The lowest BCUT2D eigenvalue weighted by molar-refractivity contribution is 0.874. The molecular weight excluding hydrogens is 190 g/mol. The zero-order valence-corrected chi connectivity index (χ0v) is 9.76. The van der Waals surface area contributed by atoms with Crippen LogP contribution >= 0.6 is 11.8 Å². The van der Waals surface area contributed by atoms with Crippen LogP contribution < -0.4 is 5.73 Å².